The average Bonchev–Trinajstić information content (AvgIpc) is 2.61. The van der Waals surface area contributed by atoms with Gasteiger partial charge in [-0.1, -0.05) is 36.4 Å². The topological polar surface area (TPSA) is 64.6 Å². The maximum Gasteiger partial charge on any atom is 0.331 e. The summed E-state index contributed by atoms with van der Waals surface area (Å²) in [5, 5.41) is 2.68. The van der Waals surface area contributed by atoms with Crippen LogP contribution in [0.15, 0.2) is 60.7 Å². The van der Waals surface area contributed by atoms with Gasteiger partial charge < -0.3 is 14.8 Å². The quantitative estimate of drug-likeness (QED) is 0.654. The molecule has 0 aliphatic rings. The fourth-order valence-electron chi connectivity index (χ4n) is 1.94. The first kappa shape index (κ1) is 17.3. The first-order valence-corrected chi connectivity index (χ1v) is 7.47. The lowest BCUT2D eigenvalue weighted by molar-refractivity contribution is -0.148. The molecule has 1 amide bonds. The standard InChI is InChI=1S/C19H19NO4/c1-14(19(22)20-16-9-6-10-17(13-16)23-2)24-18(21)12-11-15-7-4-3-5-8-15/h3-14H,1-2H3,(H,20,22)/b12-11+/t14-/m0/s1. The van der Waals surface area contributed by atoms with E-state index >= 15 is 0 Å². The maximum atomic E-state index is 12.1. The van der Waals surface area contributed by atoms with E-state index < -0.39 is 18.0 Å². The third kappa shape index (κ3) is 5.28. The van der Waals surface area contributed by atoms with Gasteiger partial charge in [-0.15, -0.1) is 0 Å². The molecule has 2 aromatic carbocycles. The van der Waals surface area contributed by atoms with Crippen molar-refractivity contribution in [3.63, 3.8) is 0 Å². The summed E-state index contributed by atoms with van der Waals surface area (Å²) in [4.78, 5) is 23.8. The smallest absolute Gasteiger partial charge is 0.331 e. The molecule has 0 spiro atoms. The zero-order valence-electron chi connectivity index (χ0n) is 13.6. The Kier molecular flexibility index (Phi) is 6.14. The summed E-state index contributed by atoms with van der Waals surface area (Å²) in [6.45, 7) is 1.52. The van der Waals surface area contributed by atoms with Crippen molar-refractivity contribution in [3.05, 3.63) is 66.2 Å². The largest absolute Gasteiger partial charge is 0.497 e. The van der Waals surface area contributed by atoms with E-state index in [-0.39, 0.29) is 0 Å². The van der Waals surface area contributed by atoms with Gasteiger partial charge in [0.05, 0.1) is 7.11 Å². The highest BCUT2D eigenvalue weighted by Crippen LogP contribution is 2.17. The van der Waals surface area contributed by atoms with E-state index in [2.05, 4.69) is 5.32 Å². The zero-order chi connectivity index (χ0) is 17.4. The van der Waals surface area contributed by atoms with Crippen molar-refractivity contribution < 1.29 is 19.1 Å². The van der Waals surface area contributed by atoms with Crippen LogP contribution in [0.1, 0.15) is 12.5 Å². The molecule has 0 saturated heterocycles. The van der Waals surface area contributed by atoms with Gasteiger partial charge in [-0.25, -0.2) is 4.79 Å². The molecule has 24 heavy (non-hydrogen) atoms. The van der Waals surface area contributed by atoms with E-state index in [1.807, 2.05) is 30.3 Å². The zero-order valence-corrected chi connectivity index (χ0v) is 13.6. The number of benzene rings is 2. The van der Waals surface area contributed by atoms with Crippen LogP contribution in [0, 0.1) is 0 Å². The summed E-state index contributed by atoms with van der Waals surface area (Å²) < 4.78 is 10.2. The lowest BCUT2D eigenvalue weighted by Crippen LogP contribution is -2.29. The van der Waals surface area contributed by atoms with Crippen LogP contribution in [0.4, 0.5) is 5.69 Å². The number of rotatable bonds is 6. The number of carbonyl (C=O) groups excluding carboxylic acids is 2. The van der Waals surface area contributed by atoms with Gasteiger partial charge in [0.1, 0.15) is 5.75 Å². The molecule has 0 radical (unpaired) electrons. The Balaban J connectivity index is 1.88. The van der Waals surface area contributed by atoms with Crippen LogP contribution >= 0.6 is 0 Å². The normalized spacial score (nSPS) is 11.8. The fourth-order valence-corrected chi connectivity index (χ4v) is 1.94. The van der Waals surface area contributed by atoms with E-state index in [4.69, 9.17) is 9.47 Å². The van der Waals surface area contributed by atoms with Crippen molar-refractivity contribution >= 4 is 23.6 Å². The number of amides is 1. The second-order valence-corrected chi connectivity index (χ2v) is 5.04. The van der Waals surface area contributed by atoms with Crippen molar-refractivity contribution in [2.45, 2.75) is 13.0 Å². The van der Waals surface area contributed by atoms with Crippen molar-refractivity contribution in [1.82, 2.24) is 0 Å². The number of esters is 1. The Morgan fingerprint density at radius 3 is 2.54 bits per heavy atom. The van der Waals surface area contributed by atoms with Crippen molar-refractivity contribution in [1.29, 1.82) is 0 Å². The SMILES string of the molecule is COc1cccc(NC(=O)[C@H](C)OC(=O)/C=C/c2ccccc2)c1. The first-order valence-electron chi connectivity index (χ1n) is 7.47. The van der Waals surface area contributed by atoms with Crippen LogP contribution in [0.25, 0.3) is 6.08 Å². The minimum Gasteiger partial charge on any atom is -0.497 e. The lowest BCUT2D eigenvalue weighted by atomic mass is 10.2. The number of anilines is 1. The summed E-state index contributed by atoms with van der Waals surface area (Å²) in [5.41, 5.74) is 1.45. The predicted octanol–water partition coefficient (Wildman–Crippen LogP) is 3.28. The molecule has 5 nitrogen and oxygen atoms in total. The monoisotopic (exact) mass is 325 g/mol. The Morgan fingerprint density at radius 1 is 1.08 bits per heavy atom. The summed E-state index contributed by atoms with van der Waals surface area (Å²) >= 11 is 0. The highest BCUT2D eigenvalue weighted by atomic mass is 16.5. The summed E-state index contributed by atoms with van der Waals surface area (Å²) in [7, 11) is 1.55. The maximum absolute atomic E-state index is 12.1. The average molecular weight is 325 g/mol. The van der Waals surface area contributed by atoms with Crippen molar-refractivity contribution in [2.75, 3.05) is 12.4 Å². The Labute approximate surface area is 140 Å². The van der Waals surface area contributed by atoms with E-state index in [9.17, 15) is 9.59 Å². The van der Waals surface area contributed by atoms with Crippen molar-refractivity contribution in [3.8, 4) is 5.75 Å². The van der Waals surface area contributed by atoms with Gasteiger partial charge in [0, 0.05) is 17.8 Å². The second kappa shape index (κ2) is 8.53. The molecule has 0 saturated carbocycles. The lowest BCUT2D eigenvalue weighted by Gasteiger charge is -2.12. The van der Waals surface area contributed by atoms with Crippen LogP contribution in [-0.4, -0.2) is 25.1 Å². The Hall–Kier alpha value is -3.08. The van der Waals surface area contributed by atoms with E-state index in [0.717, 1.165) is 5.56 Å². The van der Waals surface area contributed by atoms with Crippen LogP contribution in [0.2, 0.25) is 0 Å². The van der Waals surface area contributed by atoms with Crippen LogP contribution in [0.5, 0.6) is 5.75 Å². The van der Waals surface area contributed by atoms with Crippen LogP contribution in [-0.2, 0) is 14.3 Å². The first-order chi connectivity index (χ1) is 11.6. The number of methoxy groups -OCH3 is 1. The molecule has 2 rings (SSSR count). The molecule has 0 fully saturated rings. The van der Waals surface area contributed by atoms with Crippen LogP contribution < -0.4 is 10.1 Å². The fraction of sp³-hybridized carbons (Fsp3) is 0.158. The number of carbonyl (C=O) groups is 2. The molecular formula is C19H19NO4. The van der Waals surface area contributed by atoms with E-state index in [1.54, 1.807) is 37.5 Å². The van der Waals surface area contributed by atoms with Gasteiger partial charge in [0.2, 0.25) is 0 Å². The molecule has 0 aromatic heterocycles. The van der Waals surface area contributed by atoms with Crippen molar-refractivity contribution in [2.24, 2.45) is 0 Å². The summed E-state index contributed by atoms with van der Waals surface area (Å²) in [5.74, 6) is -0.361. The molecule has 5 heteroatoms. The van der Waals surface area contributed by atoms with Gasteiger partial charge in [0.15, 0.2) is 6.10 Å². The van der Waals surface area contributed by atoms with E-state index in [0.29, 0.717) is 11.4 Å². The minimum absolute atomic E-state index is 0.412. The highest BCUT2D eigenvalue weighted by Gasteiger charge is 2.16. The molecule has 1 atom stereocenters. The number of nitrogens with one attached hydrogen (secondary N) is 1. The molecule has 0 aliphatic carbocycles. The second-order valence-electron chi connectivity index (χ2n) is 5.04. The Morgan fingerprint density at radius 2 is 1.83 bits per heavy atom. The molecule has 0 aliphatic heterocycles. The van der Waals surface area contributed by atoms with Crippen LogP contribution in [0.3, 0.4) is 0 Å². The molecule has 0 bridgehead atoms. The Bertz CT molecular complexity index is 725. The third-order valence-corrected chi connectivity index (χ3v) is 3.21. The van der Waals surface area contributed by atoms with Gasteiger partial charge in [-0.05, 0) is 30.7 Å². The number of hydrogen-bond donors (Lipinski definition) is 1. The predicted molar refractivity (Wildman–Crippen MR) is 92.7 cm³/mol. The molecule has 2 aromatic rings. The minimum atomic E-state index is -0.913. The van der Waals surface area contributed by atoms with Gasteiger partial charge in [0.25, 0.3) is 5.91 Å². The third-order valence-electron chi connectivity index (χ3n) is 3.21. The molecule has 1 N–H and O–H groups in total. The molecule has 0 unspecified atom stereocenters. The molecule has 124 valence electrons. The highest BCUT2D eigenvalue weighted by molar-refractivity contribution is 5.96. The number of hydrogen-bond acceptors (Lipinski definition) is 4. The van der Waals surface area contributed by atoms with Gasteiger partial charge >= 0.3 is 5.97 Å². The molecule has 0 heterocycles. The number of ether oxygens (including phenoxy) is 2. The summed E-state index contributed by atoms with van der Waals surface area (Å²) in [6.07, 6.45) is 2.02. The van der Waals surface area contributed by atoms with Gasteiger partial charge in [-0.2, -0.15) is 0 Å². The summed E-state index contributed by atoms with van der Waals surface area (Å²) in [6, 6.07) is 16.3. The van der Waals surface area contributed by atoms with Gasteiger partial charge in [-0.3, -0.25) is 4.79 Å². The molecular weight excluding hydrogens is 306 g/mol. The van der Waals surface area contributed by atoms with E-state index in [1.165, 1.54) is 13.0 Å².